The molecule has 0 bridgehead atoms. The van der Waals surface area contributed by atoms with E-state index < -0.39 is 0 Å². The average molecular weight is 191 g/mol. The van der Waals surface area contributed by atoms with E-state index in [0.29, 0.717) is 11.3 Å². The maximum Gasteiger partial charge on any atom is 0.223 e. The molecular weight excluding hydrogens is 176 g/mol. The van der Waals surface area contributed by atoms with E-state index in [1.165, 1.54) is 6.42 Å². The van der Waals surface area contributed by atoms with Crippen molar-refractivity contribution < 1.29 is 4.79 Å². The molecule has 4 heteroatoms. The Morgan fingerprint density at radius 3 is 2.92 bits per heavy atom. The summed E-state index contributed by atoms with van der Waals surface area (Å²) in [7, 11) is 1.72. The average Bonchev–Trinajstić information content (AvgIpc) is 2.48. The van der Waals surface area contributed by atoms with Crippen molar-refractivity contribution in [3.05, 3.63) is 0 Å². The van der Waals surface area contributed by atoms with E-state index in [-0.39, 0.29) is 18.3 Å². The Balaban J connectivity index is 0.000000720. The van der Waals surface area contributed by atoms with E-state index in [1.807, 2.05) is 0 Å². The largest absolute Gasteiger partial charge is 0.359 e. The van der Waals surface area contributed by atoms with Gasteiger partial charge in [0.25, 0.3) is 0 Å². The summed E-state index contributed by atoms with van der Waals surface area (Å²) in [5, 5.41) is 6.02. The van der Waals surface area contributed by atoms with Gasteiger partial charge in [0.2, 0.25) is 5.91 Å². The Bertz CT molecular complexity index is 189. The number of carbonyl (C=O) groups is 1. The molecule has 1 spiro atoms. The molecule has 12 heavy (non-hydrogen) atoms. The van der Waals surface area contributed by atoms with E-state index in [2.05, 4.69) is 10.6 Å². The second-order valence-electron chi connectivity index (χ2n) is 3.66. The van der Waals surface area contributed by atoms with Gasteiger partial charge >= 0.3 is 0 Å². The molecule has 2 aliphatic rings. The molecule has 2 N–H and O–H groups in total. The monoisotopic (exact) mass is 190 g/mol. The molecule has 1 saturated heterocycles. The molecule has 3 nitrogen and oxygen atoms in total. The van der Waals surface area contributed by atoms with Crippen LogP contribution in [-0.4, -0.2) is 26.0 Å². The predicted molar refractivity (Wildman–Crippen MR) is 49.3 cm³/mol. The normalized spacial score (nSPS) is 37.6. The standard InChI is InChI=1S/C8H14N2O.ClH/c1-9-7(11)6-4-8(6)2-3-10-5-8;/h6,10H,2-5H2,1H3,(H,9,11);1H. The van der Waals surface area contributed by atoms with Crippen LogP contribution in [0.1, 0.15) is 12.8 Å². The minimum Gasteiger partial charge on any atom is -0.359 e. The second-order valence-corrected chi connectivity index (χ2v) is 3.66. The Morgan fingerprint density at radius 1 is 1.67 bits per heavy atom. The number of halogens is 1. The summed E-state index contributed by atoms with van der Waals surface area (Å²) in [4.78, 5) is 11.2. The minimum absolute atomic E-state index is 0. The van der Waals surface area contributed by atoms with Crippen molar-refractivity contribution in [1.29, 1.82) is 0 Å². The van der Waals surface area contributed by atoms with Crippen molar-refractivity contribution in [1.82, 2.24) is 10.6 Å². The van der Waals surface area contributed by atoms with Crippen LogP contribution in [0.4, 0.5) is 0 Å². The first-order valence-electron chi connectivity index (χ1n) is 4.21. The van der Waals surface area contributed by atoms with E-state index in [0.717, 1.165) is 19.5 Å². The summed E-state index contributed by atoms with van der Waals surface area (Å²) >= 11 is 0. The van der Waals surface area contributed by atoms with Gasteiger partial charge in [0, 0.05) is 19.5 Å². The molecule has 0 aromatic carbocycles. The number of nitrogens with one attached hydrogen (secondary N) is 2. The smallest absolute Gasteiger partial charge is 0.223 e. The lowest BCUT2D eigenvalue weighted by molar-refractivity contribution is -0.122. The van der Waals surface area contributed by atoms with Gasteiger partial charge < -0.3 is 10.6 Å². The lowest BCUT2D eigenvalue weighted by atomic mass is 10.0. The first kappa shape index (κ1) is 9.81. The lowest BCUT2D eigenvalue weighted by Gasteiger charge is -2.04. The van der Waals surface area contributed by atoms with Crippen LogP contribution in [0.25, 0.3) is 0 Å². The van der Waals surface area contributed by atoms with Crippen LogP contribution >= 0.6 is 12.4 Å². The highest BCUT2D eigenvalue weighted by atomic mass is 35.5. The number of hydrogen-bond acceptors (Lipinski definition) is 2. The SMILES string of the molecule is CNC(=O)C1CC12CCNC2.Cl. The van der Waals surface area contributed by atoms with Gasteiger partial charge in [0.15, 0.2) is 0 Å². The molecule has 1 amide bonds. The Morgan fingerprint density at radius 2 is 2.42 bits per heavy atom. The molecule has 2 atom stereocenters. The highest BCUT2D eigenvalue weighted by molar-refractivity contribution is 5.85. The summed E-state index contributed by atoms with van der Waals surface area (Å²) < 4.78 is 0. The Hall–Kier alpha value is -0.280. The molecule has 0 aromatic heterocycles. The Labute approximate surface area is 78.7 Å². The van der Waals surface area contributed by atoms with E-state index in [1.54, 1.807) is 7.05 Å². The molecule has 2 rings (SSSR count). The summed E-state index contributed by atoms with van der Waals surface area (Å²) in [5.41, 5.74) is 0.361. The quantitative estimate of drug-likeness (QED) is 0.619. The maximum absolute atomic E-state index is 11.2. The molecule has 0 radical (unpaired) electrons. The van der Waals surface area contributed by atoms with Crippen LogP contribution in [0.3, 0.4) is 0 Å². The molecule has 0 aromatic rings. The molecule has 2 fully saturated rings. The fraction of sp³-hybridized carbons (Fsp3) is 0.875. The molecule has 1 saturated carbocycles. The zero-order chi connectivity index (χ0) is 7.90. The maximum atomic E-state index is 11.2. The lowest BCUT2D eigenvalue weighted by Crippen LogP contribution is -2.24. The van der Waals surface area contributed by atoms with Crippen LogP contribution in [-0.2, 0) is 4.79 Å². The number of rotatable bonds is 1. The molecule has 70 valence electrons. The van der Waals surface area contributed by atoms with Gasteiger partial charge in [0.1, 0.15) is 0 Å². The minimum atomic E-state index is 0. The van der Waals surface area contributed by atoms with Gasteiger partial charge in [-0.05, 0) is 24.8 Å². The van der Waals surface area contributed by atoms with E-state index in [9.17, 15) is 4.79 Å². The van der Waals surface area contributed by atoms with Gasteiger partial charge in [-0.3, -0.25) is 4.79 Å². The first-order chi connectivity index (χ1) is 5.28. The van der Waals surface area contributed by atoms with Gasteiger partial charge in [-0.25, -0.2) is 0 Å². The van der Waals surface area contributed by atoms with Crippen molar-refractivity contribution in [3.63, 3.8) is 0 Å². The van der Waals surface area contributed by atoms with Crippen LogP contribution in [0.15, 0.2) is 0 Å². The topological polar surface area (TPSA) is 41.1 Å². The van der Waals surface area contributed by atoms with Crippen molar-refractivity contribution in [2.45, 2.75) is 12.8 Å². The third-order valence-corrected chi connectivity index (χ3v) is 3.03. The summed E-state index contributed by atoms with van der Waals surface area (Å²) in [6.45, 7) is 2.14. The summed E-state index contributed by atoms with van der Waals surface area (Å²) in [6.07, 6.45) is 2.28. The molecule has 2 unspecified atom stereocenters. The number of carbonyl (C=O) groups excluding carboxylic acids is 1. The van der Waals surface area contributed by atoms with Crippen LogP contribution in [0.2, 0.25) is 0 Å². The number of amides is 1. The fourth-order valence-corrected chi connectivity index (χ4v) is 2.13. The Kier molecular flexibility index (Phi) is 2.64. The van der Waals surface area contributed by atoms with Gasteiger partial charge in [-0.2, -0.15) is 0 Å². The molecule has 1 aliphatic heterocycles. The molecular formula is C8H15ClN2O. The molecule has 1 aliphatic carbocycles. The molecule has 1 heterocycles. The fourth-order valence-electron chi connectivity index (χ4n) is 2.13. The van der Waals surface area contributed by atoms with Crippen LogP contribution < -0.4 is 10.6 Å². The zero-order valence-electron chi connectivity index (χ0n) is 7.22. The van der Waals surface area contributed by atoms with Crippen LogP contribution in [0, 0.1) is 11.3 Å². The second kappa shape index (κ2) is 3.23. The summed E-state index contributed by atoms with van der Waals surface area (Å²) in [5.74, 6) is 0.538. The van der Waals surface area contributed by atoms with Crippen molar-refractivity contribution in [3.8, 4) is 0 Å². The third kappa shape index (κ3) is 1.31. The predicted octanol–water partition coefficient (Wildman–Crippen LogP) is 0.154. The van der Waals surface area contributed by atoms with E-state index >= 15 is 0 Å². The van der Waals surface area contributed by atoms with E-state index in [4.69, 9.17) is 0 Å². The van der Waals surface area contributed by atoms with Crippen molar-refractivity contribution in [2.75, 3.05) is 20.1 Å². The number of hydrogen-bond donors (Lipinski definition) is 2. The summed E-state index contributed by atoms with van der Waals surface area (Å²) in [6, 6.07) is 0. The van der Waals surface area contributed by atoms with Crippen LogP contribution in [0.5, 0.6) is 0 Å². The highest BCUT2D eigenvalue weighted by Crippen LogP contribution is 2.56. The van der Waals surface area contributed by atoms with Crippen molar-refractivity contribution >= 4 is 18.3 Å². The first-order valence-corrected chi connectivity index (χ1v) is 4.21. The van der Waals surface area contributed by atoms with Gasteiger partial charge in [-0.15, -0.1) is 12.4 Å². The zero-order valence-corrected chi connectivity index (χ0v) is 8.04. The highest BCUT2D eigenvalue weighted by Gasteiger charge is 2.58. The van der Waals surface area contributed by atoms with Crippen molar-refractivity contribution in [2.24, 2.45) is 11.3 Å². The van der Waals surface area contributed by atoms with Gasteiger partial charge in [0.05, 0.1) is 0 Å². The van der Waals surface area contributed by atoms with Gasteiger partial charge in [-0.1, -0.05) is 0 Å². The third-order valence-electron chi connectivity index (χ3n) is 3.03.